The van der Waals surface area contributed by atoms with Gasteiger partial charge in [-0.05, 0) is 24.3 Å². The van der Waals surface area contributed by atoms with Crippen LogP contribution in [0.15, 0.2) is 24.7 Å². The van der Waals surface area contributed by atoms with E-state index in [-0.39, 0.29) is 5.69 Å². The predicted molar refractivity (Wildman–Crippen MR) is 81.3 cm³/mol. The smallest absolute Gasteiger partial charge is 0.356 e. The Morgan fingerprint density at radius 1 is 1.36 bits per heavy atom. The van der Waals surface area contributed by atoms with Crippen molar-refractivity contribution in [1.29, 1.82) is 0 Å². The molecule has 3 heterocycles. The van der Waals surface area contributed by atoms with E-state index in [2.05, 4.69) is 14.9 Å². The first-order valence-corrected chi connectivity index (χ1v) is 7.63. The molecule has 2 fully saturated rings. The van der Waals surface area contributed by atoms with Gasteiger partial charge in [0, 0.05) is 24.8 Å². The van der Waals surface area contributed by atoms with Crippen LogP contribution in [0.5, 0.6) is 0 Å². The van der Waals surface area contributed by atoms with Crippen molar-refractivity contribution in [3.05, 3.63) is 41.1 Å². The summed E-state index contributed by atoms with van der Waals surface area (Å²) in [6.45, 7) is 2.62. The zero-order valence-electron chi connectivity index (χ0n) is 11.8. The molecule has 1 N–H and O–H groups in total. The van der Waals surface area contributed by atoms with E-state index in [1.54, 1.807) is 4.57 Å². The summed E-state index contributed by atoms with van der Waals surface area (Å²) in [6.07, 6.45) is 4.33. The molecule has 1 saturated carbocycles. The van der Waals surface area contributed by atoms with Gasteiger partial charge < -0.3 is 14.6 Å². The molecule has 0 aromatic carbocycles. The summed E-state index contributed by atoms with van der Waals surface area (Å²) in [5.74, 6) is 1.59. The molecule has 2 aromatic heterocycles. The lowest BCUT2D eigenvalue weighted by atomic mass is 10.2. The van der Waals surface area contributed by atoms with Crippen molar-refractivity contribution in [3.8, 4) is 0 Å². The first-order valence-electron chi connectivity index (χ1n) is 7.25. The molecule has 2 aromatic rings. The van der Waals surface area contributed by atoms with Crippen LogP contribution in [0, 0.1) is 11.8 Å². The minimum atomic E-state index is -1.04. The number of fused-ring (bicyclic) bond motifs is 1. The van der Waals surface area contributed by atoms with E-state index in [0.29, 0.717) is 11.7 Å². The zero-order valence-corrected chi connectivity index (χ0v) is 12.6. The lowest BCUT2D eigenvalue weighted by molar-refractivity contribution is 0.0691. The number of carbonyl (C=O) groups is 1. The summed E-state index contributed by atoms with van der Waals surface area (Å²) in [5.41, 5.74) is 0.876. The van der Waals surface area contributed by atoms with Crippen LogP contribution in [0.1, 0.15) is 22.5 Å². The van der Waals surface area contributed by atoms with Gasteiger partial charge >= 0.3 is 5.97 Å². The van der Waals surface area contributed by atoms with E-state index in [1.165, 1.54) is 18.9 Å². The van der Waals surface area contributed by atoms with Gasteiger partial charge in [-0.3, -0.25) is 0 Å². The van der Waals surface area contributed by atoms with Crippen molar-refractivity contribution in [2.75, 3.05) is 18.0 Å². The van der Waals surface area contributed by atoms with E-state index in [9.17, 15) is 4.79 Å². The van der Waals surface area contributed by atoms with Crippen molar-refractivity contribution in [1.82, 2.24) is 14.5 Å². The summed E-state index contributed by atoms with van der Waals surface area (Å²) in [7, 11) is 0. The normalized spacial score (nSPS) is 22.7. The van der Waals surface area contributed by atoms with Gasteiger partial charge in [0.05, 0.1) is 12.9 Å². The van der Waals surface area contributed by atoms with Crippen LogP contribution in [0.3, 0.4) is 0 Å². The fourth-order valence-corrected chi connectivity index (χ4v) is 3.30. The largest absolute Gasteiger partial charge is 0.476 e. The number of rotatable bonds is 4. The molecule has 1 saturated heterocycles. The Bertz CT molecular complexity index is 735. The van der Waals surface area contributed by atoms with Crippen LogP contribution in [0.4, 0.5) is 5.82 Å². The number of aromatic carboxylic acids is 1. The minimum Gasteiger partial charge on any atom is -0.476 e. The Morgan fingerprint density at radius 2 is 2.14 bits per heavy atom. The van der Waals surface area contributed by atoms with Gasteiger partial charge in [-0.2, -0.15) is 0 Å². The van der Waals surface area contributed by atoms with E-state index >= 15 is 0 Å². The monoisotopic (exact) mass is 318 g/mol. The molecular weight excluding hydrogens is 304 g/mol. The number of halogens is 1. The second kappa shape index (κ2) is 4.98. The minimum absolute atomic E-state index is 0.0250. The van der Waals surface area contributed by atoms with Gasteiger partial charge in [0.25, 0.3) is 0 Å². The molecule has 4 rings (SSSR count). The predicted octanol–water partition coefficient (Wildman–Crippen LogP) is 2.13. The number of aromatic nitrogens is 3. The van der Waals surface area contributed by atoms with E-state index in [0.717, 1.165) is 36.3 Å². The molecule has 2 unspecified atom stereocenters. The number of pyridine rings is 1. The van der Waals surface area contributed by atoms with E-state index < -0.39 is 5.97 Å². The van der Waals surface area contributed by atoms with Crippen molar-refractivity contribution in [3.63, 3.8) is 0 Å². The van der Waals surface area contributed by atoms with Gasteiger partial charge in [0.15, 0.2) is 5.69 Å². The topological polar surface area (TPSA) is 71.2 Å². The molecule has 2 atom stereocenters. The fraction of sp³-hybridized carbons (Fsp3) is 0.400. The quantitative estimate of drug-likeness (QED) is 0.874. The lowest BCUT2D eigenvalue weighted by Crippen LogP contribution is -2.23. The number of piperidine rings is 1. The maximum atomic E-state index is 10.8. The van der Waals surface area contributed by atoms with Crippen LogP contribution in [0.25, 0.3) is 0 Å². The summed E-state index contributed by atoms with van der Waals surface area (Å²) < 4.78 is 1.69. The number of hydrogen-bond acceptors (Lipinski definition) is 4. The Kier molecular flexibility index (Phi) is 3.07. The Morgan fingerprint density at radius 3 is 2.77 bits per heavy atom. The van der Waals surface area contributed by atoms with Gasteiger partial charge in [0.2, 0.25) is 0 Å². The Labute approximate surface area is 132 Å². The van der Waals surface area contributed by atoms with Crippen molar-refractivity contribution >= 4 is 23.4 Å². The van der Waals surface area contributed by atoms with E-state index in [1.807, 2.05) is 12.1 Å². The average molecular weight is 319 g/mol. The SMILES string of the molecule is O=C(O)c1cn(Cc2ccc(N3CC4CC4C3)nc2Cl)cn1. The molecule has 1 aliphatic heterocycles. The molecule has 114 valence electrons. The summed E-state index contributed by atoms with van der Waals surface area (Å²) in [4.78, 5) is 21.4. The van der Waals surface area contributed by atoms with Crippen LogP contribution in [-0.4, -0.2) is 38.7 Å². The average Bonchev–Trinajstić information content (AvgIpc) is 2.89. The van der Waals surface area contributed by atoms with Crippen LogP contribution < -0.4 is 4.90 Å². The second-order valence-electron chi connectivity index (χ2n) is 6.02. The first-order chi connectivity index (χ1) is 10.6. The van der Waals surface area contributed by atoms with Crippen molar-refractivity contribution in [2.24, 2.45) is 11.8 Å². The maximum absolute atomic E-state index is 10.8. The molecule has 6 nitrogen and oxygen atoms in total. The summed E-state index contributed by atoms with van der Waals surface area (Å²) in [6, 6.07) is 3.94. The van der Waals surface area contributed by atoms with Crippen LogP contribution >= 0.6 is 11.6 Å². The number of carboxylic acids is 1. The van der Waals surface area contributed by atoms with Crippen LogP contribution in [0.2, 0.25) is 5.15 Å². The van der Waals surface area contributed by atoms with Crippen molar-refractivity contribution in [2.45, 2.75) is 13.0 Å². The standard InChI is InChI=1S/C15H15ClN4O2/c16-14-9(4-19-7-12(15(21)22)17-8-19)1-2-13(18-14)20-5-10-3-11(10)6-20/h1-2,7-8,10-11H,3-6H2,(H,21,22). The number of nitrogens with zero attached hydrogens (tertiary/aromatic N) is 4. The first kappa shape index (κ1) is 13.6. The highest BCUT2D eigenvalue weighted by atomic mass is 35.5. The van der Waals surface area contributed by atoms with Gasteiger partial charge in [-0.15, -0.1) is 0 Å². The third-order valence-electron chi connectivity index (χ3n) is 4.42. The zero-order chi connectivity index (χ0) is 15.3. The highest BCUT2D eigenvalue weighted by molar-refractivity contribution is 6.30. The van der Waals surface area contributed by atoms with Crippen molar-refractivity contribution < 1.29 is 9.90 Å². The Balaban J connectivity index is 1.50. The molecule has 0 amide bonds. The lowest BCUT2D eigenvalue weighted by Gasteiger charge is -2.19. The maximum Gasteiger partial charge on any atom is 0.356 e. The Hall–Kier alpha value is -2.08. The second-order valence-corrected chi connectivity index (χ2v) is 6.37. The van der Waals surface area contributed by atoms with Gasteiger partial charge in [0.1, 0.15) is 11.0 Å². The number of imidazole rings is 1. The molecule has 0 spiro atoms. The van der Waals surface area contributed by atoms with E-state index in [4.69, 9.17) is 16.7 Å². The number of hydrogen-bond donors (Lipinski definition) is 1. The number of anilines is 1. The van der Waals surface area contributed by atoms with Gasteiger partial charge in [-0.25, -0.2) is 14.8 Å². The molecule has 7 heteroatoms. The fourth-order valence-electron chi connectivity index (χ4n) is 3.09. The van der Waals surface area contributed by atoms with Crippen LogP contribution in [-0.2, 0) is 6.54 Å². The summed E-state index contributed by atoms with van der Waals surface area (Å²) in [5, 5.41) is 9.34. The molecule has 2 aliphatic rings. The van der Waals surface area contributed by atoms with Gasteiger partial charge in [-0.1, -0.05) is 17.7 Å². The molecule has 22 heavy (non-hydrogen) atoms. The number of carboxylic acid groups (broad SMARTS) is 1. The third-order valence-corrected chi connectivity index (χ3v) is 4.75. The highest BCUT2D eigenvalue weighted by Gasteiger charge is 2.45. The third kappa shape index (κ3) is 2.43. The molecular formula is C15H15ClN4O2. The molecule has 1 aliphatic carbocycles. The molecule has 0 bridgehead atoms. The molecule has 0 radical (unpaired) electrons. The highest BCUT2D eigenvalue weighted by Crippen LogP contribution is 2.46. The summed E-state index contributed by atoms with van der Waals surface area (Å²) >= 11 is 6.29.